The van der Waals surface area contributed by atoms with Crippen molar-refractivity contribution in [3.05, 3.63) is 17.5 Å². The van der Waals surface area contributed by atoms with Crippen LogP contribution in [-0.4, -0.2) is 9.78 Å². The predicted molar refractivity (Wildman–Crippen MR) is 43.4 cm³/mol. The monoisotopic (exact) mass is 149 g/mol. The topological polar surface area (TPSA) is 17.8 Å². The van der Waals surface area contributed by atoms with Gasteiger partial charge in [-0.3, -0.25) is 4.68 Å². The minimum Gasteiger partial charge on any atom is -0.271 e. The molecule has 1 saturated carbocycles. The number of nitrogens with zero attached hydrogens (tertiary/aromatic N) is 2. The van der Waals surface area contributed by atoms with Crippen LogP contribution in [0.3, 0.4) is 0 Å². The van der Waals surface area contributed by atoms with Crippen molar-refractivity contribution in [1.29, 1.82) is 0 Å². The lowest BCUT2D eigenvalue weighted by atomic mass is 9.82. The minimum atomic E-state index is 0.777. The van der Waals surface area contributed by atoms with E-state index in [-0.39, 0.29) is 0 Å². The fourth-order valence-corrected chi connectivity index (χ4v) is 1.76. The lowest BCUT2D eigenvalue weighted by Gasteiger charge is -2.26. The summed E-state index contributed by atoms with van der Waals surface area (Å²) < 4.78 is 1.97. The van der Waals surface area contributed by atoms with E-state index in [1.165, 1.54) is 30.5 Å². The van der Waals surface area contributed by atoms with Crippen LogP contribution in [-0.2, 0) is 7.05 Å². The normalized spacial score (nSPS) is 18.4. The van der Waals surface area contributed by atoms with Gasteiger partial charge in [0.05, 0.1) is 0 Å². The van der Waals surface area contributed by atoms with Gasteiger partial charge < -0.3 is 0 Å². The molecule has 1 heterocycles. The summed E-state index contributed by atoms with van der Waals surface area (Å²) in [6.07, 6.45) is 7.07. The molecule has 11 heavy (non-hydrogen) atoms. The van der Waals surface area contributed by atoms with Gasteiger partial charge in [0.15, 0.2) is 0 Å². The van der Waals surface area contributed by atoms with Crippen LogP contribution in [0.4, 0.5) is 0 Å². The quantitative estimate of drug-likeness (QED) is 0.595. The van der Waals surface area contributed by atoms with E-state index in [0.29, 0.717) is 0 Å². The molecule has 1 aromatic heterocycles. The zero-order valence-electron chi connectivity index (χ0n) is 7.09. The first-order chi connectivity index (χ1) is 5.29. The van der Waals surface area contributed by atoms with Crippen LogP contribution in [0.25, 0.3) is 0 Å². The number of hydrogen-bond acceptors (Lipinski definition) is 1. The second kappa shape index (κ2) is 2.36. The average Bonchev–Trinajstić information content (AvgIpc) is 2.15. The molecule has 0 N–H and O–H groups in total. The van der Waals surface area contributed by atoms with Crippen LogP contribution in [0.1, 0.15) is 36.4 Å². The van der Waals surface area contributed by atoms with Crippen LogP contribution in [0.5, 0.6) is 0 Å². The van der Waals surface area contributed by atoms with Crippen molar-refractivity contribution >= 4 is 0 Å². The Morgan fingerprint density at radius 3 is 2.64 bits per heavy atom. The van der Waals surface area contributed by atoms with Crippen molar-refractivity contribution < 1.29 is 0 Å². The number of aromatic nitrogens is 2. The maximum Gasteiger partial charge on any atom is 0.116 e. The summed E-state index contributed by atoms with van der Waals surface area (Å²) in [5, 5.41) is 4.11. The third kappa shape index (κ3) is 0.971. The molecular weight excluding hydrogens is 136 g/mol. The van der Waals surface area contributed by atoms with Crippen LogP contribution >= 0.6 is 0 Å². The third-order valence-corrected chi connectivity index (χ3v) is 2.59. The van der Waals surface area contributed by atoms with E-state index in [1.807, 2.05) is 11.7 Å². The summed E-state index contributed by atoms with van der Waals surface area (Å²) in [6.45, 7) is 2.10. The first-order valence-electron chi connectivity index (χ1n) is 4.20. The van der Waals surface area contributed by atoms with E-state index >= 15 is 0 Å². The van der Waals surface area contributed by atoms with E-state index in [1.54, 1.807) is 0 Å². The second-order valence-electron chi connectivity index (χ2n) is 3.37. The van der Waals surface area contributed by atoms with Crippen LogP contribution in [0, 0.1) is 13.1 Å². The van der Waals surface area contributed by atoms with Crippen LogP contribution in [0.15, 0.2) is 0 Å². The Bertz CT molecular complexity index is 239. The molecule has 0 spiro atoms. The first-order valence-corrected chi connectivity index (χ1v) is 4.20. The van der Waals surface area contributed by atoms with Gasteiger partial charge in [0.1, 0.15) is 6.20 Å². The van der Waals surface area contributed by atoms with Crippen LogP contribution in [0.2, 0.25) is 0 Å². The molecule has 0 aliphatic heterocycles. The molecule has 2 nitrogen and oxygen atoms in total. The summed E-state index contributed by atoms with van der Waals surface area (Å²) in [5.41, 5.74) is 2.63. The van der Waals surface area contributed by atoms with Crippen molar-refractivity contribution in [3.63, 3.8) is 0 Å². The highest BCUT2D eigenvalue weighted by Crippen LogP contribution is 2.37. The molecule has 0 unspecified atom stereocenters. The Balaban J connectivity index is 2.33. The van der Waals surface area contributed by atoms with Gasteiger partial charge in [0.2, 0.25) is 0 Å². The largest absolute Gasteiger partial charge is 0.271 e. The smallest absolute Gasteiger partial charge is 0.116 e. The fraction of sp³-hybridized carbons (Fsp3) is 0.667. The lowest BCUT2D eigenvalue weighted by molar-refractivity contribution is 0.395. The molecule has 59 valence electrons. The summed E-state index contributed by atoms with van der Waals surface area (Å²) in [7, 11) is 2.01. The van der Waals surface area contributed by atoms with Gasteiger partial charge in [0.25, 0.3) is 0 Å². The summed E-state index contributed by atoms with van der Waals surface area (Å²) >= 11 is 0. The zero-order chi connectivity index (χ0) is 7.84. The number of hydrogen-bond donors (Lipinski definition) is 0. The molecule has 1 aliphatic rings. The Labute approximate surface area is 67.2 Å². The fourth-order valence-electron chi connectivity index (χ4n) is 1.76. The molecular formula is C9H13N2. The second-order valence-corrected chi connectivity index (χ2v) is 3.37. The molecule has 2 heteroatoms. The summed E-state index contributed by atoms with van der Waals surface area (Å²) in [5.74, 6) is 0.777. The molecule has 0 saturated heterocycles. The average molecular weight is 149 g/mol. The highest BCUT2D eigenvalue weighted by Gasteiger charge is 2.23. The van der Waals surface area contributed by atoms with Gasteiger partial charge >= 0.3 is 0 Å². The SMILES string of the molecule is Cc1[c]nn(C)c1C1CCC1. The Kier molecular flexibility index (Phi) is 1.48. The Morgan fingerprint density at radius 1 is 1.55 bits per heavy atom. The van der Waals surface area contributed by atoms with E-state index in [0.717, 1.165) is 5.92 Å². The van der Waals surface area contributed by atoms with Crippen molar-refractivity contribution in [2.24, 2.45) is 7.05 Å². The Hall–Kier alpha value is -0.790. The molecule has 2 rings (SSSR count). The molecule has 1 fully saturated rings. The lowest BCUT2D eigenvalue weighted by Crippen LogP contribution is -2.14. The molecule has 1 aromatic rings. The first kappa shape index (κ1) is 6.89. The number of rotatable bonds is 1. The molecule has 0 bridgehead atoms. The molecule has 1 radical (unpaired) electrons. The van der Waals surface area contributed by atoms with Crippen molar-refractivity contribution in [2.75, 3.05) is 0 Å². The maximum atomic E-state index is 4.11. The van der Waals surface area contributed by atoms with Crippen molar-refractivity contribution in [3.8, 4) is 0 Å². The van der Waals surface area contributed by atoms with Gasteiger partial charge in [-0.2, -0.15) is 5.10 Å². The predicted octanol–water partition coefficient (Wildman–Crippen LogP) is 1.80. The van der Waals surface area contributed by atoms with Crippen molar-refractivity contribution in [2.45, 2.75) is 32.1 Å². The van der Waals surface area contributed by atoms with E-state index in [2.05, 4.69) is 18.2 Å². The molecule has 0 amide bonds. The van der Waals surface area contributed by atoms with E-state index < -0.39 is 0 Å². The summed E-state index contributed by atoms with van der Waals surface area (Å²) in [4.78, 5) is 0. The minimum absolute atomic E-state index is 0.777. The molecule has 1 aliphatic carbocycles. The third-order valence-electron chi connectivity index (χ3n) is 2.59. The maximum absolute atomic E-state index is 4.11. The van der Waals surface area contributed by atoms with Gasteiger partial charge in [-0.1, -0.05) is 6.42 Å². The standard InChI is InChI=1S/C9H13N2/c1-7-6-10-11(2)9(7)8-4-3-5-8/h8H,3-5H2,1-2H3. The highest BCUT2D eigenvalue weighted by molar-refractivity contribution is 5.20. The van der Waals surface area contributed by atoms with Crippen LogP contribution < -0.4 is 0 Å². The number of aryl methyl sites for hydroxylation is 2. The van der Waals surface area contributed by atoms with E-state index in [9.17, 15) is 0 Å². The van der Waals surface area contributed by atoms with Gasteiger partial charge in [-0.25, -0.2) is 0 Å². The van der Waals surface area contributed by atoms with Gasteiger partial charge in [-0.05, 0) is 19.8 Å². The molecule has 0 aromatic carbocycles. The zero-order valence-corrected chi connectivity index (χ0v) is 7.09. The Morgan fingerprint density at radius 2 is 2.27 bits per heavy atom. The van der Waals surface area contributed by atoms with E-state index in [4.69, 9.17) is 0 Å². The van der Waals surface area contributed by atoms with Gasteiger partial charge in [0, 0.05) is 24.2 Å². The molecule has 0 atom stereocenters. The van der Waals surface area contributed by atoms with Gasteiger partial charge in [-0.15, -0.1) is 0 Å². The summed E-state index contributed by atoms with van der Waals surface area (Å²) in [6, 6.07) is 0. The highest BCUT2D eigenvalue weighted by atomic mass is 15.3. The van der Waals surface area contributed by atoms with Crippen molar-refractivity contribution in [1.82, 2.24) is 9.78 Å².